The average Bonchev–Trinajstić information content (AvgIpc) is 3.08. The van der Waals surface area contributed by atoms with Crippen molar-refractivity contribution in [3.63, 3.8) is 0 Å². The number of hydrogen-bond acceptors (Lipinski definition) is 5. The first-order valence-corrected chi connectivity index (χ1v) is 8.68. The first-order valence-electron chi connectivity index (χ1n) is 7.29. The van der Waals surface area contributed by atoms with Crippen molar-refractivity contribution in [3.05, 3.63) is 48.0 Å². The van der Waals surface area contributed by atoms with Crippen LogP contribution in [0, 0.1) is 5.82 Å². The molecule has 0 aliphatic heterocycles. The second-order valence-electron chi connectivity index (χ2n) is 4.97. The molecule has 0 saturated carbocycles. The molecule has 1 heterocycles. The summed E-state index contributed by atoms with van der Waals surface area (Å²) in [7, 11) is 1.27. The van der Waals surface area contributed by atoms with Gasteiger partial charge < -0.3 is 14.5 Å². The Morgan fingerprint density at radius 1 is 1.29 bits per heavy atom. The van der Waals surface area contributed by atoms with Gasteiger partial charge in [-0.15, -0.1) is 0 Å². The molecule has 0 bridgehead atoms. The number of methoxy groups -OCH3 is 1. The van der Waals surface area contributed by atoms with Gasteiger partial charge in [-0.05, 0) is 42.7 Å². The Morgan fingerprint density at radius 3 is 2.71 bits per heavy atom. The van der Waals surface area contributed by atoms with E-state index in [0.717, 1.165) is 0 Å². The molecule has 128 valence electrons. The standard InChI is InChI=1S/C17H18FNO4S/c1-22-17(21)13(9-10-24-2)19-16(20)15-8-7-14(23-15)11-5-3-4-6-12(11)18/h3-8,13H,9-10H2,1-2H3,(H,19,20)/t13-/m0/s1. The number of esters is 1. The first kappa shape index (κ1) is 18.1. The molecule has 0 unspecified atom stereocenters. The van der Waals surface area contributed by atoms with Crippen molar-refractivity contribution in [2.45, 2.75) is 12.5 Å². The number of nitrogens with one attached hydrogen (secondary N) is 1. The minimum atomic E-state index is -0.753. The number of carbonyl (C=O) groups is 2. The highest BCUT2D eigenvalue weighted by Gasteiger charge is 2.23. The number of thioether (sulfide) groups is 1. The third-order valence-corrected chi connectivity index (χ3v) is 4.01. The quantitative estimate of drug-likeness (QED) is 0.776. The van der Waals surface area contributed by atoms with Crippen molar-refractivity contribution in [1.82, 2.24) is 5.32 Å². The number of hydrogen-bond donors (Lipinski definition) is 1. The lowest BCUT2D eigenvalue weighted by Crippen LogP contribution is -2.41. The number of ether oxygens (including phenoxy) is 1. The van der Waals surface area contributed by atoms with Crippen LogP contribution in [0.4, 0.5) is 4.39 Å². The molecule has 1 aromatic heterocycles. The topological polar surface area (TPSA) is 68.5 Å². The van der Waals surface area contributed by atoms with Crippen molar-refractivity contribution in [3.8, 4) is 11.3 Å². The molecule has 7 heteroatoms. The summed E-state index contributed by atoms with van der Waals surface area (Å²) < 4.78 is 23.9. The van der Waals surface area contributed by atoms with Crippen molar-refractivity contribution in [2.24, 2.45) is 0 Å². The molecule has 2 aromatic rings. The molecule has 0 aliphatic carbocycles. The van der Waals surface area contributed by atoms with Crippen LogP contribution in [0.2, 0.25) is 0 Å². The summed E-state index contributed by atoms with van der Waals surface area (Å²) >= 11 is 1.56. The predicted molar refractivity (Wildman–Crippen MR) is 90.4 cm³/mol. The van der Waals surface area contributed by atoms with E-state index in [9.17, 15) is 14.0 Å². The minimum Gasteiger partial charge on any atom is -0.467 e. The van der Waals surface area contributed by atoms with Gasteiger partial charge in [0.2, 0.25) is 0 Å². The van der Waals surface area contributed by atoms with Crippen molar-refractivity contribution >= 4 is 23.6 Å². The average molecular weight is 351 g/mol. The summed E-state index contributed by atoms with van der Waals surface area (Å²) in [6.07, 6.45) is 2.35. The highest BCUT2D eigenvalue weighted by molar-refractivity contribution is 7.98. The van der Waals surface area contributed by atoms with E-state index in [1.165, 1.54) is 25.3 Å². The second kappa shape index (κ2) is 8.54. The van der Waals surface area contributed by atoms with Crippen LogP contribution in [0.25, 0.3) is 11.3 Å². The summed E-state index contributed by atoms with van der Waals surface area (Å²) in [5.41, 5.74) is 0.267. The third kappa shape index (κ3) is 4.38. The summed E-state index contributed by atoms with van der Waals surface area (Å²) in [5, 5.41) is 2.58. The van der Waals surface area contributed by atoms with Gasteiger partial charge in [0.25, 0.3) is 5.91 Å². The zero-order valence-electron chi connectivity index (χ0n) is 13.4. The number of furan rings is 1. The zero-order valence-corrected chi connectivity index (χ0v) is 14.2. The Balaban J connectivity index is 2.12. The third-order valence-electron chi connectivity index (χ3n) is 3.37. The molecular formula is C17H18FNO4S. The lowest BCUT2D eigenvalue weighted by Gasteiger charge is -2.15. The van der Waals surface area contributed by atoms with E-state index in [2.05, 4.69) is 5.32 Å². The van der Waals surface area contributed by atoms with E-state index in [4.69, 9.17) is 9.15 Å². The maximum atomic E-state index is 13.8. The predicted octanol–water partition coefficient (Wildman–Crippen LogP) is 3.11. The van der Waals surface area contributed by atoms with Gasteiger partial charge in [0.15, 0.2) is 5.76 Å². The molecular weight excluding hydrogens is 333 g/mol. The SMILES string of the molecule is COC(=O)[C@H](CCSC)NC(=O)c1ccc(-c2ccccc2F)o1. The largest absolute Gasteiger partial charge is 0.467 e. The van der Waals surface area contributed by atoms with Crippen molar-refractivity contribution in [2.75, 3.05) is 19.1 Å². The van der Waals surface area contributed by atoms with Crippen LogP contribution in [0.15, 0.2) is 40.8 Å². The summed E-state index contributed by atoms with van der Waals surface area (Å²) in [6.45, 7) is 0. The molecule has 0 radical (unpaired) electrons. The Labute approximate surface area is 143 Å². The Morgan fingerprint density at radius 2 is 2.04 bits per heavy atom. The van der Waals surface area contributed by atoms with E-state index < -0.39 is 23.7 Å². The van der Waals surface area contributed by atoms with Gasteiger partial charge in [-0.25, -0.2) is 9.18 Å². The molecule has 1 aromatic carbocycles. The van der Waals surface area contributed by atoms with Gasteiger partial charge in [0.1, 0.15) is 17.6 Å². The zero-order chi connectivity index (χ0) is 17.5. The van der Waals surface area contributed by atoms with Crippen LogP contribution >= 0.6 is 11.8 Å². The maximum absolute atomic E-state index is 13.8. The van der Waals surface area contributed by atoms with Crippen LogP contribution in [-0.2, 0) is 9.53 Å². The molecule has 0 saturated heterocycles. The second-order valence-corrected chi connectivity index (χ2v) is 5.96. The molecule has 1 N–H and O–H groups in total. The number of benzene rings is 1. The van der Waals surface area contributed by atoms with Gasteiger partial charge >= 0.3 is 5.97 Å². The van der Waals surface area contributed by atoms with Crippen LogP contribution in [-0.4, -0.2) is 37.0 Å². The maximum Gasteiger partial charge on any atom is 0.328 e. The molecule has 24 heavy (non-hydrogen) atoms. The monoisotopic (exact) mass is 351 g/mol. The van der Waals surface area contributed by atoms with E-state index >= 15 is 0 Å². The highest BCUT2D eigenvalue weighted by Crippen LogP contribution is 2.24. The molecule has 0 spiro atoms. The fourth-order valence-electron chi connectivity index (χ4n) is 2.12. The van der Waals surface area contributed by atoms with Gasteiger partial charge in [-0.2, -0.15) is 11.8 Å². The minimum absolute atomic E-state index is 0.00584. The highest BCUT2D eigenvalue weighted by atomic mass is 32.2. The molecule has 2 rings (SSSR count). The number of carbonyl (C=O) groups excluding carboxylic acids is 2. The van der Waals surface area contributed by atoms with Gasteiger partial charge in [-0.3, -0.25) is 4.79 Å². The first-order chi connectivity index (χ1) is 11.6. The smallest absolute Gasteiger partial charge is 0.328 e. The van der Waals surface area contributed by atoms with E-state index in [1.807, 2.05) is 6.26 Å². The number of amides is 1. The molecule has 1 amide bonds. The van der Waals surface area contributed by atoms with Crippen LogP contribution in [0.1, 0.15) is 17.0 Å². The van der Waals surface area contributed by atoms with Crippen LogP contribution in [0.3, 0.4) is 0 Å². The fraction of sp³-hybridized carbons (Fsp3) is 0.294. The Bertz CT molecular complexity index is 716. The van der Waals surface area contributed by atoms with E-state index in [0.29, 0.717) is 12.2 Å². The lowest BCUT2D eigenvalue weighted by molar-refractivity contribution is -0.142. The normalized spacial score (nSPS) is 11.8. The molecule has 5 nitrogen and oxygen atoms in total. The van der Waals surface area contributed by atoms with Crippen LogP contribution < -0.4 is 5.32 Å². The Hall–Kier alpha value is -2.28. The van der Waals surface area contributed by atoms with Gasteiger partial charge in [0, 0.05) is 0 Å². The number of rotatable bonds is 7. The van der Waals surface area contributed by atoms with Gasteiger partial charge in [-0.1, -0.05) is 12.1 Å². The van der Waals surface area contributed by atoms with E-state index in [1.54, 1.807) is 30.0 Å². The number of halogens is 1. The molecule has 0 fully saturated rings. The van der Waals surface area contributed by atoms with Crippen molar-refractivity contribution < 1.29 is 23.1 Å². The summed E-state index contributed by atoms with van der Waals surface area (Å²) in [6, 6.07) is 8.33. The fourth-order valence-corrected chi connectivity index (χ4v) is 2.59. The summed E-state index contributed by atoms with van der Waals surface area (Å²) in [4.78, 5) is 24.0. The van der Waals surface area contributed by atoms with Crippen LogP contribution in [0.5, 0.6) is 0 Å². The van der Waals surface area contributed by atoms with E-state index in [-0.39, 0.29) is 17.1 Å². The summed E-state index contributed by atoms with van der Waals surface area (Å²) in [5.74, 6) is -0.555. The van der Waals surface area contributed by atoms with Gasteiger partial charge in [0.05, 0.1) is 12.7 Å². The molecule has 0 aliphatic rings. The lowest BCUT2D eigenvalue weighted by atomic mass is 10.1. The molecule has 1 atom stereocenters. The Kier molecular flexibility index (Phi) is 6.43. The van der Waals surface area contributed by atoms with Crippen molar-refractivity contribution in [1.29, 1.82) is 0 Å².